The molecular weight excluding hydrogens is 798 g/mol. The topological polar surface area (TPSA) is 75.7 Å². The number of hydrogen-bond donors (Lipinski definition) is 0. The van der Waals surface area contributed by atoms with Crippen molar-refractivity contribution < 1.29 is 43.6 Å². The molecule has 312 valence electrons. The maximum atomic E-state index is 14.7. The zero-order valence-corrected chi connectivity index (χ0v) is 36.1. The van der Waals surface area contributed by atoms with E-state index >= 15 is 0 Å². The molecule has 0 bridgehead atoms. The van der Waals surface area contributed by atoms with Crippen LogP contribution in [0, 0.1) is 11.6 Å². The van der Waals surface area contributed by atoms with Crippen molar-refractivity contribution in [2.45, 2.75) is 66.2 Å². The third kappa shape index (κ3) is 11.0. The maximum Gasteiger partial charge on any atom is 0.136 e. The summed E-state index contributed by atoms with van der Waals surface area (Å²) in [5.74, 6) is 2.58. The quantitative estimate of drug-likeness (QED) is 0.157. The van der Waals surface area contributed by atoms with Crippen molar-refractivity contribution in [2.75, 3.05) is 6.26 Å². The molecule has 0 saturated carbocycles. The van der Waals surface area contributed by atoms with Crippen molar-refractivity contribution in [3.05, 3.63) is 187 Å². The molecule has 0 aromatic heterocycles. The summed E-state index contributed by atoms with van der Waals surface area (Å²) < 4.78 is 69.2. The Morgan fingerprint density at radius 2 is 1.15 bits per heavy atom. The number of hydrogen-bond acceptors (Lipinski definition) is 5. The highest BCUT2D eigenvalue weighted by Gasteiger charge is 2.24. The predicted octanol–water partition coefficient (Wildman–Crippen LogP) is 6.81. The average Bonchev–Trinajstić information content (AvgIpc) is 3.21. The van der Waals surface area contributed by atoms with Crippen LogP contribution in [0.5, 0.6) is 23.0 Å². The second-order valence-electron chi connectivity index (χ2n) is 14.5. The molecule has 8 rings (SSSR count). The minimum Gasteiger partial charge on any atom is -1.00 e. The van der Waals surface area contributed by atoms with Gasteiger partial charge in [0, 0.05) is 44.2 Å². The van der Waals surface area contributed by atoms with Gasteiger partial charge in [-0.3, -0.25) is 0 Å². The van der Waals surface area contributed by atoms with Crippen LogP contribution in [0.25, 0.3) is 23.3 Å². The molecule has 9 heteroatoms. The van der Waals surface area contributed by atoms with E-state index in [0.717, 1.165) is 54.7 Å². The normalized spacial score (nSPS) is 12.8. The molecule has 0 atom stereocenters. The first-order valence-electron chi connectivity index (χ1n) is 20.1. The second kappa shape index (κ2) is 20.6. The summed E-state index contributed by atoms with van der Waals surface area (Å²) in [7, 11) is -3.92. The molecule has 0 amide bonds. The van der Waals surface area contributed by atoms with Gasteiger partial charge in [-0.25, -0.2) is 17.2 Å². The van der Waals surface area contributed by atoms with Crippen molar-refractivity contribution in [3.63, 3.8) is 0 Å². The number of ether oxygens (including phenoxy) is 2. The maximum absolute atomic E-state index is 14.7. The summed E-state index contributed by atoms with van der Waals surface area (Å²) >= 11 is 0. The van der Waals surface area contributed by atoms with Crippen LogP contribution in [0.1, 0.15) is 86.8 Å². The number of fused-ring (bicyclic) bond motifs is 4. The van der Waals surface area contributed by atoms with Gasteiger partial charge in [0.15, 0.2) is 0 Å². The lowest BCUT2D eigenvalue weighted by atomic mass is 9.91. The predicted molar refractivity (Wildman–Crippen MR) is 234 cm³/mol. The van der Waals surface area contributed by atoms with Gasteiger partial charge in [0.1, 0.15) is 34.6 Å². The highest BCUT2D eigenvalue weighted by molar-refractivity contribution is 7.84. The van der Waals surface area contributed by atoms with Gasteiger partial charge >= 0.3 is 0 Å². The lowest BCUT2D eigenvalue weighted by Gasteiger charge is -2.22. The van der Waals surface area contributed by atoms with Crippen LogP contribution in [0.2, 0.25) is 0 Å². The summed E-state index contributed by atoms with van der Waals surface area (Å²) in [5.41, 5.74) is 7.99. The van der Waals surface area contributed by atoms with Gasteiger partial charge in [-0.1, -0.05) is 132 Å². The molecule has 0 N–H and O–H groups in total. The van der Waals surface area contributed by atoms with E-state index in [9.17, 15) is 8.78 Å². The van der Waals surface area contributed by atoms with Gasteiger partial charge in [0.25, 0.3) is 0 Å². The Labute approximate surface area is 358 Å². The summed E-state index contributed by atoms with van der Waals surface area (Å²) in [4.78, 5) is 0. The minimum atomic E-state index is -3.92. The van der Waals surface area contributed by atoms with E-state index in [1.165, 1.54) is 44.8 Å². The molecule has 0 fully saturated rings. The van der Waals surface area contributed by atoms with Gasteiger partial charge < -0.3 is 26.4 Å². The highest BCUT2D eigenvalue weighted by atomic mass is 35.5. The van der Waals surface area contributed by atoms with Crippen LogP contribution >= 0.6 is 0 Å². The molecule has 5 nitrogen and oxygen atoms in total. The lowest BCUT2D eigenvalue weighted by molar-refractivity contribution is -0.0000183. The van der Waals surface area contributed by atoms with E-state index in [4.69, 9.17) is 22.4 Å². The highest BCUT2D eigenvalue weighted by Crippen LogP contribution is 2.38. The molecule has 2 aliphatic heterocycles. The van der Waals surface area contributed by atoms with Gasteiger partial charge in [0.05, 0.1) is 10.1 Å². The zero-order chi connectivity index (χ0) is 42.1. The Hall–Kier alpha value is -5.54. The van der Waals surface area contributed by atoms with Gasteiger partial charge in [-0.05, 0) is 95.6 Å². The standard InChI is InChI=1S/C25H22F2O.C25H24O.CH4O3S.ClH/c1-3-8-17-12-23-19(14-21(17)26)25(16-10-6-5-7-11-16)20-15-22(27)18(9-4-2)13-24(20)28-23;1-3-8-18-12-14-21-23(16-18)26-24-17-19(9-4-2)13-15-22(24)25(21)20-10-6-5-7-11-20;1-5(2,3)4;/h5-8,10-15H,3-4,9H2,1-2H3;5-8,10-17H,3-4,9H2,1-2H3;1H3,(H,2,3,4);1H/p-2/b17-8-;18-8+;;. The Kier molecular flexibility index (Phi) is 15.7. The van der Waals surface area contributed by atoms with E-state index in [2.05, 4.69) is 86.7 Å². The largest absolute Gasteiger partial charge is 1.00 e. The first kappa shape index (κ1) is 45.5. The molecule has 6 aromatic rings. The van der Waals surface area contributed by atoms with Gasteiger partial charge in [-0.15, -0.1) is 0 Å². The van der Waals surface area contributed by atoms with E-state index in [1.807, 2.05) is 50.3 Å². The Bertz CT molecular complexity index is 2820. The van der Waals surface area contributed by atoms with Crippen molar-refractivity contribution in [3.8, 4) is 23.0 Å². The van der Waals surface area contributed by atoms with Crippen molar-refractivity contribution >= 4 is 33.4 Å². The molecule has 0 saturated heterocycles. The Morgan fingerprint density at radius 3 is 1.73 bits per heavy atom. The molecule has 2 heterocycles. The third-order valence-electron chi connectivity index (χ3n) is 9.86. The van der Waals surface area contributed by atoms with Crippen LogP contribution in [0.3, 0.4) is 0 Å². The monoisotopic (exact) mass is 846 g/mol. The SMILES string of the molecule is CC/C=c1/cc2c(cc1F)=C(c1ccccc1)c1cc(F)c(CCC)cc1O2.CC/C=c1\ccc2c(c1)Oc1cc(CCC)ccc1C=2c1ccccc1.CS(=O)(=O)[O-].[Cl-]. The van der Waals surface area contributed by atoms with Crippen molar-refractivity contribution in [2.24, 2.45) is 0 Å². The fourth-order valence-electron chi connectivity index (χ4n) is 7.41. The smallest absolute Gasteiger partial charge is 0.136 e. The number of aryl methyl sites for hydroxylation is 2. The number of rotatable bonds is 8. The van der Waals surface area contributed by atoms with Gasteiger partial charge in [-0.2, -0.15) is 0 Å². The molecule has 0 radical (unpaired) electrons. The Balaban J connectivity index is 0.000000202. The zero-order valence-electron chi connectivity index (χ0n) is 34.5. The van der Waals surface area contributed by atoms with Gasteiger partial charge in [0.2, 0.25) is 0 Å². The van der Waals surface area contributed by atoms with Crippen LogP contribution in [0.4, 0.5) is 8.78 Å². The lowest BCUT2D eigenvalue weighted by Crippen LogP contribution is -3.00. The molecule has 2 aliphatic rings. The van der Waals surface area contributed by atoms with E-state index in [0.29, 0.717) is 45.7 Å². The molecule has 0 aliphatic carbocycles. The molecular formula is C51H49ClF2O5S-2. The summed E-state index contributed by atoms with van der Waals surface area (Å²) in [6, 6.07) is 40.1. The third-order valence-corrected chi connectivity index (χ3v) is 9.86. The fourth-order valence-corrected chi connectivity index (χ4v) is 7.41. The first-order chi connectivity index (χ1) is 28.4. The van der Waals surface area contributed by atoms with E-state index in [-0.39, 0.29) is 24.0 Å². The minimum absolute atomic E-state index is 0. The van der Waals surface area contributed by atoms with Crippen LogP contribution in [-0.2, 0) is 23.0 Å². The average molecular weight is 847 g/mol. The van der Waals surface area contributed by atoms with Crippen LogP contribution in [0.15, 0.2) is 121 Å². The fraction of sp³-hybridized carbons (Fsp3) is 0.216. The number of halogens is 3. The Morgan fingerprint density at radius 1 is 0.583 bits per heavy atom. The van der Waals surface area contributed by atoms with E-state index in [1.54, 1.807) is 12.1 Å². The second-order valence-corrected chi connectivity index (χ2v) is 15.9. The molecule has 60 heavy (non-hydrogen) atoms. The summed E-state index contributed by atoms with van der Waals surface area (Å²) in [5, 5.41) is 3.55. The van der Waals surface area contributed by atoms with Crippen LogP contribution in [-0.4, -0.2) is 19.2 Å². The molecule has 0 unspecified atom stereocenters. The molecule has 0 spiro atoms. The van der Waals surface area contributed by atoms with Crippen LogP contribution < -0.4 is 42.8 Å². The van der Waals surface area contributed by atoms with Crippen molar-refractivity contribution in [1.29, 1.82) is 0 Å². The molecule has 6 aromatic carbocycles. The first-order valence-corrected chi connectivity index (χ1v) is 22.0. The summed E-state index contributed by atoms with van der Waals surface area (Å²) in [6.07, 6.45) is 10.1. The van der Waals surface area contributed by atoms with Crippen molar-refractivity contribution in [1.82, 2.24) is 0 Å². The van der Waals surface area contributed by atoms with E-state index < -0.39 is 10.1 Å². The summed E-state index contributed by atoms with van der Waals surface area (Å²) in [6.45, 7) is 8.36. The number of benzene rings is 6.